The summed E-state index contributed by atoms with van der Waals surface area (Å²) in [4.78, 5) is 31.1. The van der Waals surface area contributed by atoms with E-state index < -0.39 is 5.92 Å². The van der Waals surface area contributed by atoms with Crippen LogP contribution in [0.2, 0.25) is 0 Å². The third-order valence-corrected chi connectivity index (χ3v) is 6.01. The summed E-state index contributed by atoms with van der Waals surface area (Å²) in [6.45, 7) is 4.52. The van der Waals surface area contributed by atoms with Crippen LogP contribution in [0.4, 0.5) is 5.69 Å². The standard InChI is InChI=1S/C21H20N2O3S/c1-13-6-5-8-17(14(13)2)23-11-15(10-20(23)24)21(25)26-12-19-22-16-7-3-4-9-18(16)27-19/h3-9,15H,10-12H2,1-2H3/t15-/m1/s1. The monoisotopic (exact) mass is 380 g/mol. The predicted octanol–water partition coefficient (Wildman–Crippen LogP) is 4.01. The molecule has 1 aliphatic heterocycles. The first-order valence-corrected chi connectivity index (χ1v) is 9.72. The van der Waals surface area contributed by atoms with Gasteiger partial charge in [-0.25, -0.2) is 4.98 Å². The van der Waals surface area contributed by atoms with Crippen molar-refractivity contribution in [1.82, 2.24) is 4.98 Å². The van der Waals surface area contributed by atoms with Gasteiger partial charge in [-0.1, -0.05) is 24.3 Å². The minimum absolute atomic E-state index is 0.0364. The molecular formula is C21H20N2O3S. The first-order valence-electron chi connectivity index (χ1n) is 8.90. The van der Waals surface area contributed by atoms with Gasteiger partial charge in [-0.05, 0) is 43.2 Å². The average molecular weight is 380 g/mol. The summed E-state index contributed by atoms with van der Waals surface area (Å²) in [5.41, 5.74) is 3.98. The van der Waals surface area contributed by atoms with E-state index in [1.807, 2.05) is 56.3 Å². The van der Waals surface area contributed by atoms with Crippen molar-refractivity contribution >= 4 is 39.1 Å². The number of hydrogen-bond donors (Lipinski definition) is 0. The molecule has 1 amide bonds. The molecule has 0 N–H and O–H groups in total. The summed E-state index contributed by atoms with van der Waals surface area (Å²) in [5, 5.41) is 0.764. The second-order valence-electron chi connectivity index (χ2n) is 6.81. The van der Waals surface area contributed by atoms with E-state index in [2.05, 4.69) is 4.98 Å². The van der Waals surface area contributed by atoms with Gasteiger partial charge in [-0.15, -0.1) is 11.3 Å². The highest BCUT2D eigenvalue weighted by molar-refractivity contribution is 7.18. The zero-order chi connectivity index (χ0) is 19.0. The second-order valence-corrected chi connectivity index (χ2v) is 7.92. The number of amides is 1. The van der Waals surface area contributed by atoms with E-state index in [0.717, 1.165) is 32.0 Å². The molecule has 1 aliphatic rings. The number of rotatable bonds is 4. The molecule has 27 heavy (non-hydrogen) atoms. The molecule has 6 heteroatoms. The first-order chi connectivity index (χ1) is 13.0. The molecule has 0 radical (unpaired) electrons. The lowest BCUT2D eigenvalue weighted by Gasteiger charge is -2.20. The quantitative estimate of drug-likeness (QED) is 0.642. The van der Waals surface area contributed by atoms with Gasteiger partial charge in [0.2, 0.25) is 5.91 Å². The fraction of sp³-hybridized carbons (Fsp3) is 0.286. The number of aryl methyl sites for hydroxylation is 1. The summed E-state index contributed by atoms with van der Waals surface area (Å²) >= 11 is 1.52. The number of aromatic nitrogens is 1. The molecule has 2 aromatic carbocycles. The highest BCUT2D eigenvalue weighted by atomic mass is 32.1. The van der Waals surface area contributed by atoms with Gasteiger partial charge in [0.1, 0.15) is 11.6 Å². The lowest BCUT2D eigenvalue weighted by Crippen LogP contribution is -2.27. The van der Waals surface area contributed by atoms with Crippen LogP contribution < -0.4 is 4.90 Å². The largest absolute Gasteiger partial charge is 0.458 e. The maximum Gasteiger partial charge on any atom is 0.311 e. The molecule has 1 atom stereocenters. The molecule has 1 saturated heterocycles. The smallest absolute Gasteiger partial charge is 0.311 e. The number of para-hydroxylation sites is 1. The average Bonchev–Trinajstić information content (AvgIpc) is 3.25. The highest BCUT2D eigenvalue weighted by Gasteiger charge is 2.36. The van der Waals surface area contributed by atoms with Crippen molar-refractivity contribution in [3.8, 4) is 0 Å². The number of thiazole rings is 1. The maximum absolute atomic E-state index is 12.5. The molecule has 4 rings (SSSR count). The number of carbonyl (C=O) groups excluding carboxylic acids is 2. The summed E-state index contributed by atoms with van der Waals surface area (Å²) < 4.78 is 6.53. The third-order valence-electron chi connectivity index (χ3n) is 5.00. The number of anilines is 1. The van der Waals surface area contributed by atoms with Crippen LogP contribution >= 0.6 is 11.3 Å². The van der Waals surface area contributed by atoms with E-state index >= 15 is 0 Å². The number of esters is 1. The Kier molecular flexibility index (Phi) is 4.66. The van der Waals surface area contributed by atoms with Gasteiger partial charge >= 0.3 is 5.97 Å². The summed E-state index contributed by atoms with van der Waals surface area (Å²) in [7, 11) is 0. The molecule has 0 bridgehead atoms. The van der Waals surface area contributed by atoms with Gasteiger partial charge < -0.3 is 9.64 Å². The molecule has 138 valence electrons. The predicted molar refractivity (Wildman–Crippen MR) is 106 cm³/mol. The fourth-order valence-corrected chi connectivity index (χ4v) is 4.24. The van der Waals surface area contributed by atoms with E-state index in [9.17, 15) is 9.59 Å². The normalized spacial score (nSPS) is 16.9. The van der Waals surface area contributed by atoms with Gasteiger partial charge in [0.15, 0.2) is 0 Å². The lowest BCUT2D eigenvalue weighted by molar-refractivity contribution is -0.149. The number of benzene rings is 2. The van der Waals surface area contributed by atoms with Crippen molar-refractivity contribution in [2.75, 3.05) is 11.4 Å². The second kappa shape index (κ2) is 7.12. The number of fused-ring (bicyclic) bond motifs is 1. The van der Waals surface area contributed by atoms with Crippen LogP contribution in [0, 0.1) is 19.8 Å². The zero-order valence-corrected chi connectivity index (χ0v) is 16.1. The van der Waals surface area contributed by atoms with E-state index in [4.69, 9.17) is 4.74 Å². The highest BCUT2D eigenvalue weighted by Crippen LogP contribution is 2.30. The molecule has 0 aliphatic carbocycles. The summed E-state index contributed by atoms with van der Waals surface area (Å²) in [6.07, 6.45) is 0.187. The van der Waals surface area contributed by atoms with Crippen LogP contribution in [0.1, 0.15) is 22.6 Å². The molecule has 1 fully saturated rings. The first kappa shape index (κ1) is 17.7. The number of nitrogens with zero attached hydrogens (tertiary/aromatic N) is 2. The molecule has 2 heterocycles. The fourth-order valence-electron chi connectivity index (χ4n) is 3.36. The van der Waals surface area contributed by atoms with Crippen molar-refractivity contribution in [2.24, 2.45) is 5.92 Å². The van der Waals surface area contributed by atoms with Crippen molar-refractivity contribution in [3.63, 3.8) is 0 Å². The number of carbonyl (C=O) groups is 2. The zero-order valence-electron chi connectivity index (χ0n) is 15.3. The molecule has 5 nitrogen and oxygen atoms in total. The summed E-state index contributed by atoms with van der Waals surface area (Å²) in [5.74, 6) is -0.812. The van der Waals surface area contributed by atoms with Crippen LogP contribution in [0.25, 0.3) is 10.2 Å². The molecule has 3 aromatic rings. The van der Waals surface area contributed by atoms with Crippen LogP contribution in [-0.4, -0.2) is 23.4 Å². The Morgan fingerprint density at radius 1 is 1.22 bits per heavy atom. The van der Waals surface area contributed by atoms with Crippen molar-refractivity contribution in [3.05, 3.63) is 58.6 Å². The Morgan fingerprint density at radius 3 is 2.85 bits per heavy atom. The minimum atomic E-state index is -0.438. The Bertz CT molecular complexity index is 994. The van der Waals surface area contributed by atoms with Gasteiger partial charge in [0, 0.05) is 18.7 Å². The minimum Gasteiger partial charge on any atom is -0.458 e. The van der Waals surface area contributed by atoms with Crippen molar-refractivity contribution < 1.29 is 14.3 Å². The van der Waals surface area contributed by atoms with Crippen LogP contribution in [0.5, 0.6) is 0 Å². The SMILES string of the molecule is Cc1cccc(N2C[C@H](C(=O)OCc3nc4ccccc4s3)CC2=O)c1C. The molecule has 1 aromatic heterocycles. The molecular weight excluding hydrogens is 360 g/mol. The van der Waals surface area contributed by atoms with E-state index in [1.165, 1.54) is 11.3 Å². The third kappa shape index (κ3) is 3.45. The molecule has 0 unspecified atom stereocenters. The van der Waals surface area contributed by atoms with Crippen LogP contribution in [-0.2, 0) is 20.9 Å². The van der Waals surface area contributed by atoms with Gasteiger partial charge in [-0.2, -0.15) is 0 Å². The van der Waals surface area contributed by atoms with E-state index in [0.29, 0.717) is 6.54 Å². The molecule has 0 saturated carbocycles. The molecule has 0 spiro atoms. The Balaban J connectivity index is 1.42. The number of ether oxygens (including phenoxy) is 1. The van der Waals surface area contributed by atoms with Gasteiger partial charge in [-0.3, -0.25) is 9.59 Å². The lowest BCUT2D eigenvalue weighted by atomic mass is 10.1. The van der Waals surface area contributed by atoms with Gasteiger partial charge in [0.05, 0.1) is 16.1 Å². The Hall–Kier alpha value is -2.73. The van der Waals surface area contributed by atoms with E-state index in [-0.39, 0.29) is 24.9 Å². The maximum atomic E-state index is 12.5. The van der Waals surface area contributed by atoms with Crippen molar-refractivity contribution in [2.45, 2.75) is 26.9 Å². The van der Waals surface area contributed by atoms with Crippen molar-refractivity contribution in [1.29, 1.82) is 0 Å². The van der Waals surface area contributed by atoms with Crippen LogP contribution in [0.15, 0.2) is 42.5 Å². The summed E-state index contributed by atoms with van der Waals surface area (Å²) in [6, 6.07) is 13.7. The number of hydrogen-bond acceptors (Lipinski definition) is 5. The topological polar surface area (TPSA) is 59.5 Å². The Labute approximate surface area is 161 Å². The van der Waals surface area contributed by atoms with Gasteiger partial charge in [0.25, 0.3) is 0 Å². The Morgan fingerprint density at radius 2 is 2.04 bits per heavy atom. The van der Waals surface area contributed by atoms with E-state index in [1.54, 1.807) is 4.90 Å². The van der Waals surface area contributed by atoms with Crippen LogP contribution in [0.3, 0.4) is 0 Å².